The number of anilines is 1. The van der Waals surface area contributed by atoms with Crippen molar-refractivity contribution in [2.45, 2.75) is 4.90 Å². The van der Waals surface area contributed by atoms with E-state index < -0.39 is 10.0 Å². The van der Waals surface area contributed by atoms with Crippen molar-refractivity contribution in [3.05, 3.63) is 18.2 Å². The Kier molecular flexibility index (Phi) is 5.82. The summed E-state index contributed by atoms with van der Waals surface area (Å²) in [5.74, 6) is 0.108. The lowest BCUT2D eigenvalue weighted by atomic mass is 10.2. The zero-order valence-corrected chi connectivity index (χ0v) is 15.8. The number of ether oxygens (including phenoxy) is 2. The molecule has 148 valence electrons. The second-order valence-corrected chi connectivity index (χ2v) is 8.05. The van der Waals surface area contributed by atoms with Gasteiger partial charge in [0.1, 0.15) is 5.75 Å². The van der Waals surface area contributed by atoms with Crippen molar-refractivity contribution in [3.63, 3.8) is 0 Å². The number of hydrogen-bond acceptors (Lipinski definition) is 6. The highest BCUT2D eigenvalue weighted by molar-refractivity contribution is 7.89. The predicted octanol–water partition coefficient (Wildman–Crippen LogP) is -0.320. The lowest BCUT2D eigenvalue weighted by molar-refractivity contribution is -0.118. The van der Waals surface area contributed by atoms with Crippen molar-refractivity contribution >= 4 is 27.6 Å². The molecule has 1 aromatic carbocycles. The van der Waals surface area contributed by atoms with E-state index in [2.05, 4.69) is 10.6 Å². The highest BCUT2D eigenvalue weighted by atomic mass is 32.2. The summed E-state index contributed by atoms with van der Waals surface area (Å²) in [6, 6.07) is 4.14. The Hall–Kier alpha value is -2.37. The van der Waals surface area contributed by atoms with Gasteiger partial charge in [-0.1, -0.05) is 0 Å². The average Bonchev–Trinajstić information content (AvgIpc) is 2.67. The van der Waals surface area contributed by atoms with Gasteiger partial charge in [-0.3, -0.25) is 4.79 Å². The molecule has 2 aliphatic rings. The summed E-state index contributed by atoms with van der Waals surface area (Å²) in [6.45, 7) is 1.70. The quantitative estimate of drug-likeness (QED) is 0.657. The lowest BCUT2D eigenvalue weighted by Gasteiger charge is -2.34. The second-order valence-electron chi connectivity index (χ2n) is 6.11. The van der Waals surface area contributed by atoms with E-state index in [4.69, 9.17) is 9.47 Å². The number of amides is 3. The first-order chi connectivity index (χ1) is 12.9. The Morgan fingerprint density at radius 1 is 1.30 bits per heavy atom. The van der Waals surface area contributed by atoms with Gasteiger partial charge in [0, 0.05) is 39.8 Å². The van der Waals surface area contributed by atoms with Crippen LogP contribution in [0.1, 0.15) is 0 Å². The predicted molar refractivity (Wildman–Crippen MR) is 96.2 cm³/mol. The van der Waals surface area contributed by atoms with Crippen molar-refractivity contribution in [2.75, 3.05) is 58.4 Å². The van der Waals surface area contributed by atoms with E-state index in [1.807, 2.05) is 0 Å². The second kappa shape index (κ2) is 8.11. The molecule has 2 heterocycles. The van der Waals surface area contributed by atoms with Crippen LogP contribution >= 0.6 is 0 Å². The third kappa shape index (κ3) is 4.31. The first kappa shape index (κ1) is 19.4. The Bertz CT molecular complexity index is 820. The molecule has 0 bridgehead atoms. The molecule has 0 radical (unpaired) electrons. The Balaban J connectivity index is 1.64. The summed E-state index contributed by atoms with van der Waals surface area (Å²) in [4.78, 5) is 25.1. The fourth-order valence-corrected chi connectivity index (χ4v) is 4.32. The number of carbonyl (C=O) groups excluding carboxylic acids is 2. The molecule has 0 unspecified atom stereocenters. The maximum atomic E-state index is 12.9. The fourth-order valence-electron chi connectivity index (χ4n) is 2.88. The van der Waals surface area contributed by atoms with Crippen LogP contribution < -0.4 is 15.4 Å². The first-order valence-corrected chi connectivity index (χ1v) is 9.94. The zero-order chi connectivity index (χ0) is 19.4. The monoisotopic (exact) mass is 398 g/mol. The normalized spacial score (nSPS) is 17.7. The van der Waals surface area contributed by atoms with Crippen LogP contribution in [0.5, 0.6) is 5.75 Å². The van der Waals surface area contributed by atoms with Crippen LogP contribution in [0.2, 0.25) is 0 Å². The molecule has 10 nitrogen and oxygen atoms in total. The summed E-state index contributed by atoms with van der Waals surface area (Å²) in [7, 11) is -2.19. The fraction of sp³-hybridized carbons (Fsp3) is 0.500. The molecule has 2 N–H and O–H groups in total. The Labute approximate surface area is 157 Å². The number of sulfonamides is 1. The van der Waals surface area contributed by atoms with Gasteiger partial charge in [-0.25, -0.2) is 13.2 Å². The SMILES string of the molecule is COCCNC(=O)N1CCN(S(=O)(=O)c2ccc3c(c2)NC(=O)CO3)CC1. The Morgan fingerprint density at radius 3 is 2.74 bits per heavy atom. The van der Waals surface area contributed by atoms with E-state index in [-0.39, 0.29) is 36.5 Å². The van der Waals surface area contributed by atoms with E-state index in [1.54, 1.807) is 12.0 Å². The number of fused-ring (bicyclic) bond motifs is 1. The molecule has 0 atom stereocenters. The van der Waals surface area contributed by atoms with Gasteiger partial charge >= 0.3 is 6.03 Å². The van der Waals surface area contributed by atoms with Gasteiger partial charge in [0.05, 0.1) is 17.2 Å². The minimum absolute atomic E-state index is 0.0741. The van der Waals surface area contributed by atoms with Crippen molar-refractivity contribution in [1.29, 1.82) is 0 Å². The molecule has 3 rings (SSSR count). The van der Waals surface area contributed by atoms with Gasteiger partial charge in [-0.2, -0.15) is 4.31 Å². The smallest absolute Gasteiger partial charge is 0.317 e. The molecule has 0 aromatic heterocycles. The average molecular weight is 398 g/mol. The number of methoxy groups -OCH3 is 1. The third-order valence-corrected chi connectivity index (χ3v) is 6.22. The maximum Gasteiger partial charge on any atom is 0.317 e. The van der Waals surface area contributed by atoms with E-state index >= 15 is 0 Å². The summed E-state index contributed by atoms with van der Waals surface area (Å²) < 4.78 is 37.2. The molecule has 0 aliphatic carbocycles. The van der Waals surface area contributed by atoms with Crippen molar-refractivity contribution in [3.8, 4) is 5.75 Å². The number of nitrogens with zero attached hydrogens (tertiary/aromatic N) is 2. The molecule has 0 spiro atoms. The number of carbonyl (C=O) groups is 2. The number of benzene rings is 1. The van der Waals surface area contributed by atoms with Gasteiger partial charge in [0.2, 0.25) is 10.0 Å². The van der Waals surface area contributed by atoms with Crippen LogP contribution in [0.4, 0.5) is 10.5 Å². The molecule has 3 amide bonds. The van der Waals surface area contributed by atoms with Gasteiger partial charge in [-0.05, 0) is 18.2 Å². The van der Waals surface area contributed by atoms with Crippen molar-refractivity contribution in [2.24, 2.45) is 0 Å². The number of urea groups is 1. The van der Waals surface area contributed by atoms with E-state index in [1.165, 1.54) is 22.5 Å². The molecule has 2 aliphatic heterocycles. The molecule has 0 saturated carbocycles. The highest BCUT2D eigenvalue weighted by Gasteiger charge is 2.31. The number of piperazine rings is 1. The van der Waals surface area contributed by atoms with Crippen LogP contribution in [-0.4, -0.2) is 82.6 Å². The molecule has 1 aromatic rings. The number of hydrogen-bond donors (Lipinski definition) is 2. The minimum atomic E-state index is -3.73. The summed E-state index contributed by atoms with van der Waals surface area (Å²) in [6.07, 6.45) is 0. The summed E-state index contributed by atoms with van der Waals surface area (Å²) in [5, 5.41) is 5.32. The third-order valence-electron chi connectivity index (χ3n) is 4.33. The maximum absolute atomic E-state index is 12.9. The van der Waals surface area contributed by atoms with E-state index in [0.717, 1.165) is 0 Å². The summed E-state index contributed by atoms with van der Waals surface area (Å²) in [5.41, 5.74) is 0.337. The molecule has 27 heavy (non-hydrogen) atoms. The topological polar surface area (TPSA) is 117 Å². The molecular formula is C16H22N4O6S. The number of rotatable bonds is 5. The zero-order valence-electron chi connectivity index (χ0n) is 14.9. The van der Waals surface area contributed by atoms with Crippen LogP contribution in [0.3, 0.4) is 0 Å². The van der Waals surface area contributed by atoms with Crippen LogP contribution in [-0.2, 0) is 19.6 Å². The van der Waals surface area contributed by atoms with Crippen LogP contribution in [0.15, 0.2) is 23.1 Å². The van der Waals surface area contributed by atoms with Gasteiger partial charge in [0.15, 0.2) is 6.61 Å². The molecule has 1 fully saturated rings. The highest BCUT2D eigenvalue weighted by Crippen LogP contribution is 2.31. The van der Waals surface area contributed by atoms with Gasteiger partial charge in [-0.15, -0.1) is 0 Å². The van der Waals surface area contributed by atoms with E-state index in [9.17, 15) is 18.0 Å². The first-order valence-electron chi connectivity index (χ1n) is 8.50. The van der Waals surface area contributed by atoms with Crippen LogP contribution in [0, 0.1) is 0 Å². The standard InChI is InChI=1S/C16H22N4O6S/c1-25-9-4-17-16(22)19-5-7-20(8-6-19)27(23,24)12-2-3-14-13(10-12)18-15(21)11-26-14/h2-3,10H,4-9,11H2,1H3,(H,17,22)(H,18,21). The van der Waals surface area contributed by atoms with Gasteiger partial charge < -0.3 is 25.0 Å². The van der Waals surface area contributed by atoms with Crippen LogP contribution in [0.25, 0.3) is 0 Å². The largest absolute Gasteiger partial charge is 0.482 e. The lowest BCUT2D eigenvalue weighted by Crippen LogP contribution is -2.53. The minimum Gasteiger partial charge on any atom is -0.482 e. The molecular weight excluding hydrogens is 376 g/mol. The van der Waals surface area contributed by atoms with E-state index in [0.29, 0.717) is 37.7 Å². The summed E-state index contributed by atoms with van der Waals surface area (Å²) >= 11 is 0. The number of nitrogens with one attached hydrogen (secondary N) is 2. The van der Waals surface area contributed by atoms with Crippen molar-refractivity contribution in [1.82, 2.24) is 14.5 Å². The Morgan fingerprint density at radius 2 is 2.04 bits per heavy atom. The van der Waals surface area contributed by atoms with Crippen molar-refractivity contribution < 1.29 is 27.5 Å². The van der Waals surface area contributed by atoms with Gasteiger partial charge in [0.25, 0.3) is 5.91 Å². The molecule has 1 saturated heterocycles. The molecule has 11 heteroatoms.